The van der Waals surface area contributed by atoms with Crippen molar-refractivity contribution in [1.29, 1.82) is 0 Å². The Morgan fingerprint density at radius 1 is 0.935 bits per heavy atom. The molecule has 0 radical (unpaired) electrons. The van der Waals surface area contributed by atoms with E-state index in [-0.39, 0.29) is 24.2 Å². The van der Waals surface area contributed by atoms with Crippen molar-refractivity contribution in [2.45, 2.75) is 6.42 Å². The van der Waals surface area contributed by atoms with Gasteiger partial charge in [0.15, 0.2) is 6.61 Å². The molecular weight excluding hydrogens is 419 g/mol. The molecule has 3 rings (SSSR count). The zero-order valence-corrected chi connectivity index (χ0v) is 17.5. The average Bonchev–Trinajstić information content (AvgIpc) is 2.80. The highest BCUT2D eigenvalue weighted by molar-refractivity contribution is 6.30. The minimum absolute atomic E-state index is 0.119. The van der Waals surface area contributed by atoms with E-state index in [0.29, 0.717) is 41.5 Å². The van der Waals surface area contributed by atoms with Crippen LogP contribution >= 0.6 is 11.6 Å². The summed E-state index contributed by atoms with van der Waals surface area (Å²) in [6, 6.07) is 21.4. The molecule has 1 N–H and O–H groups in total. The van der Waals surface area contributed by atoms with E-state index in [1.54, 1.807) is 65.6 Å². The lowest BCUT2D eigenvalue weighted by Gasteiger charge is -2.23. The lowest BCUT2D eigenvalue weighted by atomic mass is 10.1. The second-order valence-corrected chi connectivity index (χ2v) is 7.18. The molecule has 3 aromatic rings. The molecule has 0 spiro atoms. The zero-order chi connectivity index (χ0) is 22.1. The first-order valence-corrected chi connectivity index (χ1v) is 10.2. The van der Waals surface area contributed by atoms with Crippen LogP contribution in [0.4, 0.5) is 10.1 Å². The molecule has 0 bridgehead atoms. The molecule has 0 aliphatic rings. The van der Waals surface area contributed by atoms with Crippen molar-refractivity contribution in [3.05, 3.63) is 95.3 Å². The number of hydrogen-bond acceptors (Lipinski definition) is 3. The second kappa shape index (κ2) is 11.1. The fraction of sp³-hybridized carbons (Fsp3) is 0.167. The molecule has 5 nitrogen and oxygen atoms in total. The molecule has 0 aromatic heterocycles. The molecule has 0 heterocycles. The lowest BCUT2D eigenvalue weighted by Crippen LogP contribution is -2.35. The van der Waals surface area contributed by atoms with Gasteiger partial charge in [-0.3, -0.25) is 9.59 Å². The van der Waals surface area contributed by atoms with Gasteiger partial charge in [0.2, 0.25) is 0 Å². The molecule has 0 fully saturated rings. The van der Waals surface area contributed by atoms with Crippen LogP contribution in [0, 0.1) is 5.82 Å². The largest absolute Gasteiger partial charge is 0.484 e. The smallest absolute Gasteiger partial charge is 0.258 e. The van der Waals surface area contributed by atoms with E-state index in [1.807, 2.05) is 6.07 Å². The van der Waals surface area contributed by atoms with Crippen molar-refractivity contribution >= 4 is 29.1 Å². The van der Waals surface area contributed by atoms with Gasteiger partial charge in [0.05, 0.1) is 0 Å². The summed E-state index contributed by atoms with van der Waals surface area (Å²) in [6.07, 6.45) is 0.517. The van der Waals surface area contributed by atoms with E-state index < -0.39 is 0 Å². The van der Waals surface area contributed by atoms with Crippen molar-refractivity contribution in [3.8, 4) is 5.75 Å². The van der Waals surface area contributed by atoms with Crippen LogP contribution in [0.15, 0.2) is 78.9 Å². The summed E-state index contributed by atoms with van der Waals surface area (Å²) in [6.45, 7) is 0.604. The molecule has 160 valence electrons. The number of benzene rings is 3. The van der Waals surface area contributed by atoms with Crippen LogP contribution in [-0.4, -0.2) is 31.5 Å². The number of ether oxygens (including phenoxy) is 1. The Bertz CT molecular complexity index is 996. The molecular formula is C24H22ClFN2O3. The first kappa shape index (κ1) is 22.3. The molecule has 0 aliphatic carbocycles. The molecule has 0 unspecified atom stereocenters. The topological polar surface area (TPSA) is 58.6 Å². The molecule has 0 saturated heterocycles. The quantitative estimate of drug-likeness (QED) is 0.490. The minimum atomic E-state index is -0.371. The SMILES string of the molecule is O=C(COc1ccc(Cl)cc1)NCCCN(C(=O)c1ccccc1)c1ccc(F)cc1. The summed E-state index contributed by atoms with van der Waals surface area (Å²) in [5, 5.41) is 3.36. The minimum Gasteiger partial charge on any atom is -0.484 e. The number of hydrogen-bond donors (Lipinski definition) is 1. The molecule has 3 aromatic carbocycles. The molecule has 31 heavy (non-hydrogen) atoms. The Hall–Kier alpha value is -3.38. The van der Waals surface area contributed by atoms with E-state index >= 15 is 0 Å². The van der Waals surface area contributed by atoms with Crippen LogP contribution in [0.5, 0.6) is 5.75 Å². The van der Waals surface area contributed by atoms with Crippen molar-refractivity contribution in [3.63, 3.8) is 0 Å². The fourth-order valence-electron chi connectivity index (χ4n) is 2.90. The lowest BCUT2D eigenvalue weighted by molar-refractivity contribution is -0.123. The number of halogens is 2. The van der Waals surface area contributed by atoms with Gasteiger partial charge in [0.25, 0.3) is 11.8 Å². The highest BCUT2D eigenvalue weighted by atomic mass is 35.5. The van der Waals surface area contributed by atoms with E-state index in [2.05, 4.69) is 5.32 Å². The normalized spacial score (nSPS) is 10.4. The van der Waals surface area contributed by atoms with Crippen LogP contribution in [-0.2, 0) is 4.79 Å². The van der Waals surface area contributed by atoms with Gasteiger partial charge in [-0.2, -0.15) is 0 Å². The molecule has 2 amide bonds. The number of rotatable bonds is 9. The summed E-state index contributed by atoms with van der Waals surface area (Å²) in [4.78, 5) is 26.5. The highest BCUT2D eigenvalue weighted by Gasteiger charge is 2.17. The zero-order valence-electron chi connectivity index (χ0n) is 16.8. The molecule has 7 heteroatoms. The number of nitrogens with one attached hydrogen (secondary N) is 1. The van der Waals surface area contributed by atoms with E-state index in [4.69, 9.17) is 16.3 Å². The summed E-state index contributed by atoms with van der Waals surface area (Å²) < 4.78 is 18.7. The fourth-order valence-corrected chi connectivity index (χ4v) is 3.03. The number of carbonyl (C=O) groups excluding carboxylic acids is 2. The Morgan fingerprint density at radius 2 is 1.61 bits per heavy atom. The number of amides is 2. The average molecular weight is 441 g/mol. The van der Waals surface area contributed by atoms with Crippen molar-refractivity contribution < 1.29 is 18.7 Å². The predicted molar refractivity (Wildman–Crippen MR) is 119 cm³/mol. The predicted octanol–water partition coefficient (Wildman–Crippen LogP) is 4.71. The van der Waals surface area contributed by atoms with Crippen LogP contribution in [0.25, 0.3) is 0 Å². The Balaban J connectivity index is 1.52. The van der Waals surface area contributed by atoms with Gasteiger partial charge in [0, 0.05) is 29.4 Å². The van der Waals surface area contributed by atoms with E-state index in [0.717, 1.165) is 0 Å². The number of nitrogens with zero attached hydrogens (tertiary/aromatic N) is 1. The van der Waals surface area contributed by atoms with Crippen LogP contribution < -0.4 is 15.0 Å². The Morgan fingerprint density at radius 3 is 2.29 bits per heavy atom. The Kier molecular flexibility index (Phi) is 8.01. The standard InChI is InChI=1S/C24H22ClFN2O3/c25-19-7-13-22(14-8-19)31-17-23(29)27-15-4-16-28(21-11-9-20(26)10-12-21)24(30)18-5-2-1-3-6-18/h1-3,5-14H,4,15-17H2,(H,27,29). The van der Waals surface area contributed by atoms with Crippen LogP contribution in [0.1, 0.15) is 16.8 Å². The maximum Gasteiger partial charge on any atom is 0.258 e. The highest BCUT2D eigenvalue weighted by Crippen LogP contribution is 2.18. The van der Waals surface area contributed by atoms with Gasteiger partial charge in [-0.25, -0.2) is 4.39 Å². The van der Waals surface area contributed by atoms with Crippen LogP contribution in [0.2, 0.25) is 5.02 Å². The third-order valence-corrected chi connectivity index (χ3v) is 4.72. The summed E-state index contributed by atoms with van der Waals surface area (Å²) >= 11 is 5.82. The van der Waals surface area contributed by atoms with Gasteiger partial charge in [0.1, 0.15) is 11.6 Å². The molecule has 0 aliphatic heterocycles. The maximum absolute atomic E-state index is 13.3. The van der Waals surface area contributed by atoms with Gasteiger partial charge in [-0.1, -0.05) is 29.8 Å². The summed E-state index contributed by atoms with van der Waals surface area (Å²) in [5.41, 5.74) is 1.12. The van der Waals surface area contributed by atoms with Gasteiger partial charge in [-0.15, -0.1) is 0 Å². The van der Waals surface area contributed by atoms with E-state index in [9.17, 15) is 14.0 Å². The van der Waals surface area contributed by atoms with Crippen molar-refractivity contribution in [2.75, 3.05) is 24.6 Å². The van der Waals surface area contributed by atoms with Gasteiger partial charge in [-0.05, 0) is 67.1 Å². The van der Waals surface area contributed by atoms with Crippen molar-refractivity contribution in [1.82, 2.24) is 5.32 Å². The van der Waals surface area contributed by atoms with Gasteiger partial charge >= 0.3 is 0 Å². The first-order chi connectivity index (χ1) is 15.0. The first-order valence-electron chi connectivity index (χ1n) is 9.80. The number of carbonyl (C=O) groups is 2. The Labute approximate surface area is 185 Å². The van der Waals surface area contributed by atoms with Gasteiger partial charge < -0.3 is 15.0 Å². The molecule has 0 saturated carbocycles. The maximum atomic E-state index is 13.3. The van der Waals surface area contributed by atoms with Crippen molar-refractivity contribution in [2.24, 2.45) is 0 Å². The third kappa shape index (κ3) is 6.83. The summed E-state index contributed by atoms with van der Waals surface area (Å²) in [5.74, 6) is -0.276. The number of anilines is 1. The molecule has 0 atom stereocenters. The summed E-state index contributed by atoms with van der Waals surface area (Å²) in [7, 11) is 0. The second-order valence-electron chi connectivity index (χ2n) is 6.75. The monoisotopic (exact) mass is 440 g/mol. The van der Waals surface area contributed by atoms with Crippen LogP contribution in [0.3, 0.4) is 0 Å². The third-order valence-electron chi connectivity index (χ3n) is 4.47. The van der Waals surface area contributed by atoms with E-state index in [1.165, 1.54) is 12.1 Å².